The number of hydrogen-bond acceptors (Lipinski definition) is 4. The lowest BCUT2D eigenvalue weighted by molar-refractivity contribution is -0.384. The van der Waals surface area contributed by atoms with Gasteiger partial charge in [0.05, 0.1) is 16.3 Å². The molecule has 0 unspecified atom stereocenters. The highest BCUT2D eigenvalue weighted by atomic mass is 127. The summed E-state index contributed by atoms with van der Waals surface area (Å²) in [5.41, 5.74) is 4.22. The van der Waals surface area contributed by atoms with Crippen molar-refractivity contribution < 1.29 is 4.92 Å². The third-order valence-corrected chi connectivity index (χ3v) is 5.50. The molecule has 1 aliphatic heterocycles. The predicted octanol–water partition coefficient (Wildman–Crippen LogP) is 4.80. The molecule has 7 heteroatoms. The van der Waals surface area contributed by atoms with Gasteiger partial charge in [-0.2, -0.15) is 5.10 Å². The van der Waals surface area contributed by atoms with Crippen molar-refractivity contribution in [1.29, 1.82) is 0 Å². The topological polar surface area (TPSA) is 73.0 Å². The van der Waals surface area contributed by atoms with Crippen molar-refractivity contribution in [2.75, 3.05) is 11.9 Å². The van der Waals surface area contributed by atoms with Gasteiger partial charge in [0.1, 0.15) is 5.82 Å². The summed E-state index contributed by atoms with van der Waals surface area (Å²) in [5.74, 6) is 0.992. The van der Waals surface area contributed by atoms with Gasteiger partial charge in [0, 0.05) is 33.4 Å². The smallest absolute Gasteiger partial charge is 0.269 e. The highest BCUT2D eigenvalue weighted by molar-refractivity contribution is 14.1. The van der Waals surface area contributed by atoms with Crippen molar-refractivity contribution in [3.8, 4) is 16.9 Å². The SMILES string of the molecule is O=[N+]([O-])c1ccc(-n2nc(-c3ccccc3I)c3c2NCCCC3)cc1. The Kier molecular flexibility index (Phi) is 4.62. The third-order valence-electron chi connectivity index (χ3n) is 4.56. The standard InChI is InChI=1S/C19H17IN4O2/c20-17-7-2-1-5-15(17)18-16-6-3-4-12-21-19(16)23(22-18)13-8-10-14(11-9-13)24(25)26/h1-2,5,7-11,21H,3-4,6,12H2. The molecule has 6 nitrogen and oxygen atoms in total. The molecule has 2 aromatic carbocycles. The van der Waals surface area contributed by atoms with E-state index in [0.717, 1.165) is 52.1 Å². The van der Waals surface area contributed by atoms with Gasteiger partial charge in [-0.1, -0.05) is 18.2 Å². The number of non-ortho nitro benzene ring substituents is 1. The molecule has 0 atom stereocenters. The highest BCUT2D eigenvalue weighted by Gasteiger charge is 2.22. The summed E-state index contributed by atoms with van der Waals surface area (Å²) in [6.07, 6.45) is 3.19. The van der Waals surface area contributed by atoms with E-state index >= 15 is 0 Å². The summed E-state index contributed by atoms with van der Waals surface area (Å²) in [4.78, 5) is 10.5. The van der Waals surface area contributed by atoms with Crippen molar-refractivity contribution >= 4 is 34.1 Å². The average molecular weight is 460 g/mol. The monoisotopic (exact) mass is 460 g/mol. The molecule has 0 fully saturated rings. The van der Waals surface area contributed by atoms with Crippen molar-refractivity contribution in [2.24, 2.45) is 0 Å². The summed E-state index contributed by atoms with van der Waals surface area (Å²) in [6.45, 7) is 0.900. The molecule has 2 heterocycles. The summed E-state index contributed by atoms with van der Waals surface area (Å²) in [5, 5.41) is 19.3. The second kappa shape index (κ2) is 7.06. The minimum atomic E-state index is -0.386. The molecule has 0 saturated heterocycles. The van der Waals surface area contributed by atoms with Crippen LogP contribution in [-0.2, 0) is 6.42 Å². The second-order valence-electron chi connectivity index (χ2n) is 6.22. The van der Waals surface area contributed by atoms with E-state index in [2.05, 4.69) is 40.0 Å². The molecule has 3 aromatic rings. The molecule has 0 aliphatic carbocycles. The van der Waals surface area contributed by atoms with Gasteiger partial charge in [0.2, 0.25) is 0 Å². The van der Waals surface area contributed by atoms with Gasteiger partial charge in [-0.3, -0.25) is 10.1 Å². The molecule has 0 radical (unpaired) electrons. The fourth-order valence-corrected chi connectivity index (χ4v) is 3.92. The van der Waals surface area contributed by atoms with Crippen LogP contribution in [0.15, 0.2) is 48.5 Å². The van der Waals surface area contributed by atoms with Crippen LogP contribution in [0, 0.1) is 13.7 Å². The zero-order valence-electron chi connectivity index (χ0n) is 14.0. The zero-order valence-corrected chi connectivity index (χ0v) is 16.1. The first-order chi connectivity index (χ1) is 12.6. The largest absolute Gasteiger partial charge is 0.370 e. The van der Waals surface area contributed by atoms with Crippen LogP contribution >= 0.6 is 22.6 Å². The molecular weight excluding hydrogens is 443 g/mol. The van der Waals surface area contributed by atoms with Gasteiger partial charge >= 0.3 is 0 Å². The Bertz CT molecular complexity index is 966. The molecule has 0 amide bonds. The Labute approximate surface area is 164 Å². The predicted molar refractivity (Wildman–Crippen MR) is 110 cm³/mol. The van der Waals surface area contributed by atoms with E-state index in [0.29, 0.717) is 0 Å². The Morgan fingerprint density at radius 3 is 2.62 bits per heavy atom. The van der Waals surface area contributed by atoms with E-state index in [4.69, 9.17) is 5.10 Å². The van der Waals surface area contributed by atoms with E-state index in [1.165, 1.54) is 17.7 Å². The molecule has 0 spiro atoms. The third kappa shape index (κ3) is 3.07. The molecule has 132 valence electrons. The molecular formula is C19H17IN4O2. The number of fused-ring (bicyclic) bond motifs is 1. The molecule has 0 bridgehead atoms. The van der Waals surface area contributed by atoms with Crippen LogP contribution in [0.5, 0.6) is 0 Å². The Morgan fingerprint density at radius 2 is 1.88 bits per heavy atom. The van der Waals surface area contributed by atoms with Crippen LogP contribution in [0.4, 0.5) is 11.5 Å². The van der Waals surface area contributed by atoms with Crippen LogP contribution in [0.2, 0.25) is 0 Å². The highest BCUT2D eigenvalue weighted by Crippen LogP contribution is 2.35. The van der Waals surface area contributed by atoms with Crippen LogP contribution in [0.1, 0.15) is 18.4 Å². The molecule has 1 aliphatic rings. The maximum atomic E-state index is 10.9. The summed E-state index contributed by atoms with van der Waals surface area (Å²) in [7, 11) is 0. The Balaban J connectivity index is 1.87. The number of nitrogens with zero attached hydrogens (tertiary/aromatic N) is 3. The number of aromatic nitrogens is 2. The first-order valence-electron chi connectivity index (χ1n) is 8.50. The van der Waals surface area contributed by atoms with Crippen LogP contribution in [0.25, 0.3) is 16.9 Å². The lowest BCUT2D eigenvalue weighted by Gasteiger charge is -2.09. The first kappa shape index (κ1) is 17.0. The maximum absolute atomic E-state index is 10.9. The number of halogens is 1. The van der Waals surface area contributed by atoms with Crippen LogP contribution in [-0.4, -0.2) is 21.2 Å². The van der Waals surface area contributed by atoms with Crippen molar-refractivity contribution in [2.45, 2.75) is 19.3 Å². The van der Waals surface area contributed by atoms with E-state index in [1.807, 2.05) is 16.8 Å². The van der Waals surface area contributed by atoms with Gasteiger partial charge in [-0.05, 0) is 60.1 Å². The molecule has 1 N–H and O–H groups in total. The zero-order chi connectivity index (χ0) is 18.1. The number of anilines is 1. The number of rotatable bonds is 3. The molecule has 26 heavy (non-hydrogen) atoms. The van der Waals surface area contributed by atoms with Crippen molar-refractivity contribution in [3.63, 3.8) is 0 Å². The van der Waals surface area contributed by atoms with Gasteiger partial charge < -0.3 is 5.32 Å². The minimum absolute atomic E-state index is 0.0813. The first-order valence-corrected chi connectivity index (χ1v) is 9.58. The quantitative estimate of drug-likeness (QED) is 0.346. The second-order valence-corrected chi connectivity index (χ2v) is 7.39. The van der Waals surface area contributed by atoms with E-state index in [1.54, 1.807) is 12.1 Å². The molecule has 0 saturated carbocycles. The number of nitrogens with one attached hydrogen (secondary N) is 1. The van der Waals surface area contributed by atoms with E-state index in [9.17, 15) is 10.1 Å². The van der Waals surface area contributed by atoms with Gasteiger partial charge in [0.15, 0.2) is 0 Å². The van der Waals surface area contributed by atoms with Crippen molar-refractivity contribution in [3.05, 3.63) is 67.8 Å². The number of benzene rings is 2. The molecule has 1 aromatic heterocycles. The maximum Gasteiger partial charge on any atom is 0.269 e. The minimum Gasteiger partial charge on any atom is -0.370 e. The summed E-state index contributed by atoms with van der Waals surface area (Å²) < 4.78 is 3.04. The number of nitro groups is 1. The number of hydrogen-bond donors (Lipinski definition) is 1. The fourth-order valence-electron chi connectivity index (χ4n) is 3.27. The average Bonchev–Trinajstić information content (AvgIpc) is 2.83. The fraction of sp³-hybridized carbons (Fsp3) is 0.211. The van der Waals surface area contributed by atoms with Crippen molar-refractivity contribution in [1.82, 2.24) is 9.78 Å². The van der Waals surface area contributed by atoms with Gasteiger partial charge in [0.25, 0.3) is 5.69 Å². The van der Waals surface area contributed by atoms with Gasteiger partial charge in [-0.25, -0.2) is 4.68 Å². The lowest BCUT2D eigenvalue weighted by Crippen LogP contribution is -2.07. The lowest BCUT2D eigenvalue weighted by atomic mass is 10.0. The summed E-state index contributed by atoms with van der Waals surface area (Å²) >= 11 is 2.34. The normalized spacial score (nSPS) is 13.6. The van der Waals surface area contributed by atoms with E-state index in [-0.39, 0.29) is 10.6 Å². The van der Waals surface area contributed by atoms with Gasteiger partial charge in [-0.15, -0.1) is 0 Å². The van der Waals surface area contributed by atoms with E-state index < -0.39 is 0 Å². The number of nitro benzene ring substituents is 1. The summed E-state index contributed by atoms with van der Waals surface area (Å²) in [6, 6.07) is 14.8. The van der Waals surface area contributed by atoms with Crippen LogP contribution < -0.4 is 5.32 Å². The molecule has 4 rings (SSSR count). The van der Waals surface area contributed by atoms with Crippen LogP contribution in [0.3, 0.4) is 0 Å². The Morgan fingerprint density at radius 1 is 1.12 bits per heavy atom. The Hall–Kier alpha value is -2.42.